The Morgan fingerprint density at radius 1 is 1.23 bits per heavy atom. The third-order valence-corrected chi connectivity index (χ3v) is 6.95. The van der Waals surface area contributed by atoms with Crippen LogP contribution in [0.2, 0.25) is 0 Å². The van der Waals surface area contributed by atoms with Crippen molar-refractivity contribution in [3.63, 3.8) is 0 Å². The summed E-state index contributed by atoms with van der Waals surface area (Å²) >= 11 is 1.72. The summed E-state index contributed by atoms with van der Waals surface area (Å²) in [7, 11) is 0. The number of rotatable bonds is 1. The molecular formula is C21H26N2O2S. The van der Waals surface area contributed by atoms with Crippen molar-refractivity contribution in [2.24, 2.45) is 11.3 Å². The average Bonchev–Trinajstić information content (AvgIpc) is 2.94. The van der Waals surface area contributed by atoms with E-state index in [1.807, 2.05) is 19.1 Å². The van der Waals surface area contributed by atoms with E-state index in [-0.39, 0.29) is 17.1 Å². The van der Waals surface area contributed by atoms with Crippen molar-refractivity contribution in [1.29, 1.82) is 0 Å². The average molecular weight is 371 g/mol. The van der Waals surface area contributed by atoms with Gasteiger partial charge in [-0.2, -0.15) is 0 Å². The molecule has 26 heavy (non-hydrogen) atoms. The van der Waals surface area contributed by atoms with Crippen LogP contribution >= 0.6 is 11.3 Å². The van der Waals surface area contributed by atoms with Crippen molar-refractivity contribution in [2.75, 3.05) is 5.32 Å². The summed E-state index contributed by atoms with van der Waals surface area (Å²) < 4.78 is 0. The SMILES string of the molecule is Cc1ccc(O)c(C2NC(=O)c3c(sc4c3CCC(C(C)(C)C)C4)N2)c1. The number of thiophene rings is 1. The number of aromatic hydroxyl groups is 1. The molecule has 0 spiro atoms. The highest BCUT2D eigenvalue weighted by Gasteiger charge is 2.36. The summed E-state index contributed by atoms with van der Waals surface area (Å²) in [4.78, 5) is 14.2. The number of phenols is 1. The number of anilines is 1. The van der Waals surface area contributed by atoms with E-state index < -0.39 is 6.17 Å². The Morgan fingerprint density at radius 2 is 2.00 bits per heavy atom. The Morgan fingerprint density at radius 3 is 2.73 bits per heavy atom. The Labute approximate surface area is 158 Å². The Balaban J connectivity index is 1.68. The number of carbonyl (C=O) groups is 1. The lowest BCUT2D eigenvalue weighted by molar-refractivity contribution is 0.0934. The summed E-state index contributed by atoms with van der Waals surface area (Å²) in [6.45, 7) is 8.89. The third-order valence-electron chi connectivity index (χ3n) is 5.76. The highest BCUT2D eigenvalue weighted by atomic mass is 32.1. The molecule has 1 aliphatic heterocycles. The van der Waals surface area contributed by atoms with E-state index >= 15 is 0 Å². The molecule has 0 bridgehead atoms. The largest absolute Gasteiger partial charge is 0.508 e. The molecule has 4 nitrogen and oxygen atoms in total. The molecule has 1 amide bonds. The van der Waals surface area contributed by atoms with Gasteiger partial charge in [0.2, 0.25) is 0 Å². The molecule has 2 unspecified atom stereocenters. The first-order chi connectivity index (χ1) is 12.2. The number of nitrogens with one attached hydrogen (secondary N) is 2. The maximum absolute atomic E-state index is 12.9. The van der Waals surface area contributed by atoms with Crippen LogP contribution in [0.1, 0.15) is 65.3 Å². The standard InChI is InChI=1S/C21H26N2O2S/c1-11-5-8-15(24)14(9-11)18-22-19(25)17-13-7-6-12(21(2,3)4)10-16(13)26-20(17)23-18/h5,8-9,12,18,23-24H,6-7,10H2,1-4H3,(H,22,25). The summed E-state index contributed by atoms with van der Waals surface area (Å²) in [5.74, 6) is 0.817. The number of aryl methyl sites for hydroxylation is 1. The van der Waals surface area contributed by atoms with Gasteiger partial charge >= 0.3 is 0 Å². The molecule has 138 valence electrons. The number of hydrogen-bond acceptors (Lipinski definition) is 4. The van der Waals surface area contributed by atoms with Crippen LogP contribution in [0.5, 0.6) is 5.75 Å². The first kappa shape index (κ1) is 17.4. The summed E-state index contributed by atoms with van der Waals surface area (Å²) in [6.07, 6.45) is 2.76. The van der Waals surface area contributed by atoms with E-state index in [0.29, 0.717) is 11.5 Å². The molecule has 5 heteroatoms. The van der Waals surface area contributed by atoms with Gasteiger partial charge in [-0.05, 0) is 55.2 Å². The molecule has 0 saturated carbocycles. The highest BCUT2D eigenvalue weighted by molar-refractivity contribution is 7.16. The van der Waals surface area contributed by atoms with Crippen LogP contribution in [-0.4, -0.2) is 11.0 Å². The monoisotopic (exact) mass is 370 g/mol. The smallest absolute Gasteiger partial charge is 0.256 e. The molecular weight excluding hydrogens is 344 g/mol. The van der Waals surface area contributed by atoms with E-state index in [1.165, 1.54) is 10.4 Å². The maximum Gasteiger partial charge on any atom is 0.256 e. The summed E-state index contributed by atoms with van der Waals surface area (Å²) in [6, 6.07) is 5.47. The molecule has 2 heterocycles. The van der Waals surface area contributed by atoms with Crippen LogP contribution in [0.15, 0.2) is 18.2 Å². The van der Waals surface area contributed by atoms with Gasteiger partial charge in [0.1, 0.15) is 16.9 Å². The normalized spacial score (nSPS) is 22.2. The molecule has 0 fully saturated rings. The van der Waals surface area contributed by atoms with Gasteiger partial charge in [-0.25, -0.2) is 0 Å². The van der Waals surface area contributed by atoms with Gasteiger partial charge < -0.3 is 15.7 Å². The molecule has 2 aromatic rings. The predicted molar refractivity (Wildman–Crippen MR) is 106 cm³/mol. The topological polar surface area (TPSA) is 61.4 Å². The minimum atomic E-state index is -0.395. The number of benzene rings is 1. The minimum Gasteiger partial charge on any atom is -0.508 e. The molecule has 4 rings (SSSR count). The van der Waals surface area contributed by atoms with E-state index in [1.54, 1.807) is 17.4 Å². The number of phenolic OH excluding ortho intramolecular Hbond substituents is 1. The molecule has 1 aliphatic carbocycles. The fraction of sp³-hybridized carbons (Fsp3) is 0.476. The fourth-order valence-corrected chi connectivity index (χ4v) is 5.45. The third kappa shape index (κ3) is 2.88. The van der Waals surface area contributed by atoms with Gasteiger partial charge in [-0.3, -0.25) is 4.79 Å². The molecule has 2 atom stereocenters. The van der Waals surface area contributed by atoms with Gasteiger partial charge in [-0.1, -0.05) is 32.4 Å². The van der Waals surface area contributed by atoms with E-state index in [4.69, 9.17) is 0 Å². The second kappa shape index (κ2) is 6.02. The van der Waals surface area contributed by atoms with Crippen molar-refractivity contribution >= 4 is 22.2 Å². The lowest BCUT2D eigenvalue weighted by Crippen LogP contribution is -2.38. The second-order valence-electron chi connectivity index (χ2n) is 8.63. The van der Waals surface area contributed by atoms with Gasteiger partial charge in [0.05, 0.1) is 5.56 Å². The van der Waals surface area contributed by atoms with Crippen molar-refractivity contribution in [2.45, 2.75) is 53.1 Å². The zero-order valence-electron chi connectivity index (χ0n) is 15.8. The molecule has 0 saturated heterocycles. The van der Waals surface area contributed by atoms with Crippen molar-refractivity contribution < 1.29 is 9.90 Å². The summed E-state index contributed by atoms with van der Waals surface area (Å²) in [5, 5.41) is 17.6. The lowest BCUT2D eigenvalue weighted by atomic mass is 9.72. The van der Waals surface area contributed by atoms with Crippen molar-refractivity contribution in [3.8, 4) is 5.75 Å². The first-order valence-corrected chi connectivity index (χ1v) is 10.1. The van der Waals surface area contributed by atoms with E-state index in [9.17, 15) is 9.90 Å². The molecule has 1 aromatic heterocycles. The van der Waals surface area contributed by atoms with Crippen molar-refractivity contribution in [3.05, 3.63) is 45.3 Å². The quantitative estimate of drug-likeness (QED) is 0.678. The molecule has 3 N–H and O–H groups in total. The van der Waals surface area contributed by atoms with Crippen LogP contribution in [0.3, 0.4) is 0 Å². The number of fused-ring (bicyclic) bond motifs is 3. The van der Waals surface area contributed by atoms with Crippen LogP contribution in [0, 0.1) is 18.3 Å². The molecule has 1 aromatic carbocycles. The highest BCUT2D eigenvalue weighted by Crippen LogP contribution is 2.46. The number of amides is 1. The van der Waals surface area contributed by atoms with Crippen LogP contribution in [-0.2, 0) is 12.8 Å². The van der Waals surface area contributed by atoms with Gasteiger partial charge in [0.25, 0.3) is 5.91 Å². The second-order valence-corrected chi connectivity index (χ2v) is 9.73. The summed E-state index contributed by atoms with van der Waals surface area (Å²) in [5.41, 5.74) is 4.09. The Bertz CT molecular complexity index is 879. The zero-order valence-corrected chi connectivity index (χ0v) is 16.6. The van der Waals surface area contributed by atoms with Crippen LogP contribution in [0.4, 0.5) is 5.00 Å². The lowest BCUT2D eigenvalue weighted by Gasteiger charge is -2.34. The number of hydrogen-bond donors (Lipinski definition) is 3. The molecule has 2 aliphatic rings. The maximum atomic E-state index is 12.9. The van der Waals surface area contributed by atoms with Crippen molar-refractivity contribution in [1.82, 2.24) is 5.32 Å². The molecule has 0 radical (unpaired) electrons. The van der Waals surface area contributed by atoms with E-state index in [0.717, 1.165) is 35.4 Å². The Kier molecular flexibility index (Phi) is 4.03. The fourth-order valence-electron chi connectivity index (χ4n) is 4.10. The van der Waals surface area contributed by atoms with Crippen LogP contribution in [0.25, 0.3) is 0 Å². The van der Waals surface area contributed by atoms with E-state index in [2.05, 4.69) is 31.4 Å². The zero-order chi connectivity index (χ0) is 18.6. The van der Waals surface area contributed by atoms with Gasteiger partial charge in [0.15, 0.2) is 0 Å². The van der Waals surface area contributed by atoms with Gasteiger partial charge in [0, 0.05) is 10.4 Å². The van der Waals surface area contributed by atoms with Crippen LogP contribution < -0.4 is 10.6 Å². The van der Waals surface area contributed by atoms with Gasteiger partial charge in [-0.15, -0.1) is 11.3 Å². The first-order valence-electron chi connectivity index (χ1n) is 9.25. The number of carbonyl (C=O) groups excluding carboxylic acids is 1. The Hall–Kier alpha value is -2.01. The minimum absolute atomic E-state index is 0.0311. The predicted octanol–water partition coefficient (Wildman–Crippen LogP) is 4.77.